The maximum Gasteiger partial charge on any atom is 0.229 e. The summed E-state index contributed by atoms with van der Waals surface area (Å²) in [6.45, 7) is 3.78. The molecule has 6 nitrogen and oxygen atoms in total. The largest absolute Gasteiger partial charge is 0.323 e. The fraction of sp³-hybridized carbons (Fsp3) is 0.300. The van der Waals surface area contributed by atoms with Gasteiger partial charge in [0.1, 0.15) is 0 Å². The zero-order valence-corrected chi connectivity index (χ0v) is 9.16. The molecule has 0 saturated carbocycles. The van der Waals surface area contributed by atoms with Gasteiger partial charge in [0.05, 0.1) is 24.0 Å². The predicted octanol–water partition coefficient (Wildman–Crippen LogP) is 0.931. The molecular formula is C10H13N5O. The maximum absolute atomic E-state index is 11.7. The highest BCUT2D eigenvalue weighted by Gasteiger charge is 2.11. The first kappa shape index (κ1) is 10.4. The molecule has 6 heteroatoms. The summed E-state index contributed by atoms with van der Waals surface area (Å²) in [7, 11) is 0. The molecule has 0 bridgehead atoms. The lowest BCUT2D eigenvalue weighted by atomic mass is 10.1. The van der Waals surface area contributed by atoms with Gasteiger partial charge >= 0.3 is 0 Å². The summed E-state index contributed by atoms with van der Waals surface area (Å²) in [6, 6.07) is 0. The summed E-state index contributed by atoms with van der Waals surface area (Å²) in [5.41, 5.74) is 3.41. The summed E-state index contributed by atoms with van der Waals surface area (Å²) in [5, 5.41) is 16.0. The van der Waals surface area contributed by atoms with Crippen molar-refractivity contribution in [2.45, 2.75) is 20.3 Å². The maximum atomic E-state index is 11.7. The third-order valence-electron chi connectivity index (χ3n) is 2.40. The Hall–Kier alpha value is -2.11. The van der Waals surface area contributed by atoms with Gasteiger partial charge in [0.2, 0.25) is 5.91 Å². The van der Waals surface area contributed by atoms with Crippen LogP contribution >= 0.6 is 0 Å². The van der Waals surface area contributed by atoms with Crippen LogP contribution in [0, 0.1) is 13.8 Å². The van der Waals surface area contributed by atoms with Crippen LogP contribution in [0.25, 0.3) is 0 Å². The van der Waals surface area contributed by atoms with Crippen molar-refractivity contribution >= 4 is 11.6 Å². The standard InChI is InChI=1S/C10H13N5O/c1-6-9(7(2)15-14-6)3-10(16)13-8-4-11-12-5-8/h4-5H,3H2,1-2H3,(H,11,12)(H,13,16)(H,14,15). The topological polar surface area (TPSA) is 86.5 Å². The van der Waals surface area contributed by atoms with E-state index in [9.17, 15) is 4.79 Å². The summed E-state index contributed by atoms with van der Waals surface area (Å²) in [4.78, 5) is 11.7. The molecule has 0 fully saturated rings. The Bertz CT molecular complexity index is 466. The van der Waals surface area contributed by atoms with Crippen molar-refractivity contribution in [3.8, 4) is 0 Å². The highest BCUT2D eigenvalue weighted by molar-refractivity contribution is 5.92. The van der Waals surface area contributed by atoms with Gasteiger partial charge < -0.3 is 5.32 Å². The van der Waals surface area contributed by atoms with Gasteiger partial charge in [-0.2, -0.15) is 10.2 Å². The lowest BCUT2D eigenvalue weighted by Gasteiger charge is -2.02. The minimum atomic E-state index is -0.0750. The second kappa shape index (κ2) is 4.18. The molecule has 1 amide bonds. The molecule has 2 rings (SSSR count). The number of hydrogen-bond donors (Lipinski definition) is 3. The molecule has 0 aliphatic heterocycles. The van der Waals surface area contributed by atoms with Gasteiger partial charge in [-0.3, -0.25) is 15.0 Å². The first-order valence-electron chi connectivity index (χ1n) is 4.96. The Labute approximate surface area is 92.5 Å². The van der Waals surface area contributed by atoms with Crippen molar-refractivity contribution in [1.82, 2.24) is 20.4 Å². The minimum Gasteiger partial charge on any atom is -0.323 e. The predicted molar refractivity (Wildman–Crippen MR) is 59.0 cm³/mol. The molecule has 0 aliphatic carbocycles. The second-order valence-corrected chi connectivity index (χ2v) is 3.62. The van der Waals surface area contributed by atoms with Crippen molar-refractivity contribution in [2.24, 2.45) is 0 Å². The number of aromatic nitrogens is 4. The Kier molecular flexibility index (Phi) is 2.72. The normalized spacial score (nSPS) is 10.4. The van der Waals surface area contributed by atoms with Crippen LogP contribution in [0.1, 0.15) is 17.0 Å². The number of aryl methyl sites for hydroxylation is 2. The van der Waals surface area contributed by atoms with Crippen molar-refractivity contribution in [3.05, 3.63) is 29.3 Å². The number of nitrogens with zero attached hydrogens (tertiary/aromatic N) is 2. The molecule has 3 N–H and O–H groups in total. The van der Waals surface area contributed by atoms with E-state index in [-0.39, 0.29) is 5.91 Å². The number of hydrogen-bond acceptors (Lipinski definition) is 3. The molecule has 0 saturated heterocycles. The van der Waals surface area contributed by atoms with Crippen molar-refractivity contribution < 1.29 is 4.79 Å². The van der Waals surface area contributed by atoms with E-state index in [1.54, 1.807) is 12.4 Å². The Morgan fingerprint density at radius 1 is 1.50 bits per heavy atom. The van der Waals surface area contributed by atoms with Crippen LogP contribution in [0.3, 0.4) is 0 Å². The summed E-state index contributed by atoms with van der Waals surface area (Å²) >= 11 is 0. The average Bonchev–Trinajstić information content (AvgIpc) is 2.83. The van der Waals surface area contributed by atoms with Gasteiger partial charge in [0.25, 0.3) is 0 Å². The molecule has 84 valence electrons. The van der Waals surface area contributed by atoms with E-state index in [4.69, 9.17) is 0 Å². The summed E-state index contributed by atoms with van der Waals surface area (Å²) in [6.07, 6.45) is 3.51. The first-order valence-corrected chi connectivity index (χ1v) is 4.96. The summed E-state index contributed by atoms with van der Waals surface area (Å²) < 4.78 is 0. The highest BCUT2D eigenvalue weighted by Crippen LogP contribution is 2.11. The number of H-pyrrole nitrogens is 2. The molecule has 0 spiro atoms. The molecule has 0 unspecified atom stereocenters. The molecule has 0 aliphatic rings. The van der Waals surface area contributed by atoms with E-state index in [1.807, 2.05) is 13.8 Å². The smallest absolute Gasteiger partial charge is 0.229 e. The van der Waals surface area contributed by atoms with Gasteiger partial charge in [-0.05, 0) is 13.8 Å². The molecule has 2 heterocycles. The van der Waals surface area contributed by atoms with E-state index in [1.165, 1.54) is 0 Å². The molecule has 0 aromatic carbocycles. The van der Waals surface area contributed by atoms with Crippen LogP contribution < -0.4 is 5.32 Å². The van der Waals surface area contributed by atoms with E-state index in [0.29, 0.717) is 12.1 Å². The third kappa shape index (κ3) is 2.10. The van der Waals surface area contributed by atoms with E-state index in [0.717, 1.165) is 17.0 Å². The number of carbonyl (C=O) groups is 1. The molecule has 0 radical (unpaired) electrons. The van der Waals surface area contributed by atoms with Gasteiger partial charge in [0.15, 0.2) is 0 Å². The van der Waals surface area contributed by atoms with E-state index in [2.05, 4.69) is 25.7 Å². The minimum absolute atomic E-state index is 0.0750. The van der Waals surface area contributed by atoms with Crippen LogP contribution in [0.5, 0.6) is 0 Å². The Balaban J connectivity index is 2.03. The molecule has 2 aromatic rings. The van der Waals surface area contributed by atoms with Crippen LogP contribution in [0.4, 0.5) is 5.69 Å². The van der Waals surface area contributed by atoms with Crippen LogP contribution in [-0.4, -0.2) is 26.3 Å². The van der Waals surface area contributed by atoms with Crippen molar-refractivity contribution in [1.29, 1.82) is 0 Å². The van der Waals surface area contributed by atoms with Crippen LogP contribution in [0.15, 0.2) is 12.4 Å². The fourth-order valence-corrected chi connectivity index (χ4v) is 1.52. The number of anilines is 1. The lowest BCUT2D eigenvalue weighted by molar-refractivity contribution is -0.115. The number of carbonyl (C=O) groups excluding carboxylic acids is 1. The van der Waals surface area contributed by atoms with Crippen molar-refractivity contribution in [2.75, 3.05) is 5.32 Å². The Morgan fingerprint density at radius 2 is 2.31 bits per heavy atom. The zero-order chi connectivity index (χ0) is 11.5. The second-order valence-electron chi connectivity index (χ2n) is 3.62. The molecule has 0 atom stereocenters. The van der Waals surface area contributed by atoms with E-state index >= 15 is 0 Å². The quantitative estimate of drug-likeness (QED) is 0.717. The molecular weight excluding hydrogens is 206 g/mol. The zero-order valence-electron chi connectivity index (χ0n) is 9.16. The number of amides is 1. The van der Waals surface area contributed by atoms with Gasteiger partial charge in [0, 0.05) is 17.5 Å². The third-order valence-corrected chi connectivity index (χ3v) is 2.40. The number of aromatic amines is 2. The SMILES string of the molecule is Cc1n[nH]c(C)c1CC(=O)Nc1cn[nH]c1. The molecule has 2 aromatic heterocycles. The number of nitrogens with one attached hydrogen (secondary N) is 3. The Morgan fingerprint density at radius 3 is 2.88 bits per heavy atom. The molecule has 16 heavy (non-hydrogen) atoms. The van der Waals surface area contributed by atoms with Gasteiger partial charge in [-0.1, -0.05) is 0 Å². The highest BCUT2D eigenvalue weighted by atomic mass is 16.1. The van der Waals surface area contributed by atoms with Crippen LogP contribution in [-0.2, 0) is 11.2 Å². The first-order chi connectivity index (χ1) is 7.66. The fourth-order valence-electron chi connectivity index (χ4n) is 1.52. The lowest BCUT2D eigenvalue weighted by Crippen LogP contribution is -2.14. The van der Waals surface area contributed by atoms with Crippen molar-refractivity contribution in [3.63, 3.8) is 0 Å². The van der Waals surface area contributed by atoms with E-state index < -0.39 is 0 Å². The summed E-state index contributed by atoms with van der Waals surface area (Å²) in [5.74, 6) is -0.0750. The van der Waals surface area contributed by atoms with Crippen LogP contribution in [0.2, 0.25) is 0 Å². The van der Waals surface area contributed by atoms with Gasteiger partial charge in [-0.25, -0.2) is 0 Å². The monoisotopic (exact) mass is 219 g/mol. The number of rotatable bonds is 3. The average molecular weight is 219 g/mol. The van der Waals surface area contributed by atoms with Gasteiger partial charge in [-0.15, -0.1) is 0 Å².